The first-order valence-corrected chi connectivity index (χ1v) is 10.0. The Morgan fingerprint density at radius 2 is 0.520 bits per heavy atom. The third-order valence-corrected chi connectivity index (χ3v) is 5.08. The molecule has 4 heteroatoms. The molecule has 0 fully saturated rings. The first kappa shape index (κ1) is 24.8. The lowest BCUT2D eigenvalue weighted by molar-refractivity contribution is -0.536. The summed E-state index contributed by atoms with van der Waals surface area (Å²) in [7, 11) is 0. The van der Waals surface area contributed by atoms with Crippen molar-refractivity contribution in [2.45, 2.75) is 114 Å². The molecular formula is C21H44O4. The Kier molecular flexibility index (Phi) is 10.8. The van der Waals surface area contributed by atoms with Crippen molar-refractivity contribution in [1.82, 2.24) is 0 Å². The van der Waals surface area contributed by atoms with Crippen LogP contribution < -0.4 is 0 Å². The van der Waals surface area contributed by atoms with Crippen LogP contribution in [0.1, 0.15) is 83.1 Å². The topological polar surface area (TPSA) is 36.9 Å². The molecule has 0 amide bonds. The van der Waals surface area contributed by atoms with E-state index in [0.29, 0.717) is 23.7 Å². The van der Waals surface area contributed by atoms with E-state index in [-0.39, 0.29) is 24.4 Å². The van der Waals surface area contributed by atoms with Crippen LogP contribution in [-0.4, -0.2) is 30.6 Å². The molecule has 4 unspecified atom stereocenters. The largest absolute Gasteiger partial charge is 0.413 e. The molecule has 0 heterocycles. The average Bonchev–Trinajstić information content (AvgIpc) is 2.46. The molecule has 152 valence electrons. The van der Waals surface area contributed by atoms with Crippen LogP contribution in [0.25, 0.3) is 0 Å². The van der Waals surface area contributed by atoms with E-state index in [0.717, 1.165) is 0 Å². The van der Waals surface area contributed by atoms with Crippen LogP contribution in [-0.2, 0) is 18.9 Å². The van der Waals surface area contributed by atoms with Crippen molar-refractivity contribution in [3.63, 3.8) is 0 Å². The maximum atomic E-state index is 6.30. The van der Waals surface area contributed by atoms with Gasteiger partial charge in [-0.2, -0.15) is 0 Å². The van der Waals surface area contributed by atoms with E-state index in [1.54, 1.807) is 0 Å². The highest BCUT2D eigenvalue weighted by atomic mass is 17.0. The molecule has 4 nitrogen and oxygen atoms in total. The minimum atomic E-state index is -1.49. The fourth-order valence-electron chi connectivity index (χ4n) is 1.62. The molecule has 0 rings (SSSR count). The zero-order chi connectivity index (χ0) is 19.9. The lowest BCUT2D eigenvalue weighted by Gasteiger charge is -2.42. The molecule has 0 radical (unpaired) electrons. The maximum absolute atomic E-state index is 6.30. The van der Waals surface area contributed by atoms with Crippen LogP contribution in [0.5, 0.6) is 0 Å². The molecule has 0 aromatic rings. The highest BCUT2D eigenvalue weighted by Gasteiger charge is 2.44. The van der Waals surface area contributed by atoms with Crippen LogP contribution in [0.4, 0.5) is 0 Å². The fraction of sp³-hybridized carbons (Fsp3) is 1.00. The Balaban J connectivity index is 5.72. The van der Waals surface area contributed by atoms with Gasteiger partial charge in [0, 0.05) is 0 Å². The van der Waals surface area contributed by atoms with E-state index in [4.69, 9.17) is 18.9 Å². The number of rotatable bonds is 12. The summed E-state index contributed by atoms with van der Waals surface area (Å²) >= 11 is 0. The van der Waals surface area contributed by atoms with Crippen molar-refractivity contribution in [2.24, 2.45) is 23.7 Å². The molecule has 0 aliphatic carbocycles. The van der Waals surface area contributed by atoms with E-state index >= 15 is 0 Å². The van der Waals surface area contributed by atoms with Crippen molar-refractivity contribution in [1.29, 1.82) is 0 Å². The third kappa shape index (κ3) is 8.85. The van der Waals surface area contributed by atoms with Crippen molar-refractivity contribution in [2.75, 3.05) is 0 Å². The maximum Gasteiger partial charge on any atom is 0.413 e. The molecule has 0 aromatic heterocycles. The molecule has 0 saturated heterocycles. The monoisotopic (exact) mass is 360 g/mol. The van der Waals surface area contributed by atoms with E-state index in [1.165, 1.54) is 0 Å². The van der Waals surface area contributed by atoms with Crippen LogP contribution in [0, 0.1) is 23.7 Å². The summed E-state index contributed by atoms with van der Waals surface area (Å²) in [5, 5.41) is 0. The van der Waals surface area contributed by atoms with Gasteiger partial charge in [-0.05, 0) is 51.4 Å². The molecule has 0 aliphatic heterocycles. The molecule has 0 aliphatic rings. The first-order valence-electron chi connectivity index (χ1n) is 10.0. The van der Waals surface area contributed by atoms with Crippen LogP contribution in [0.15, 0.2) is 0 Å². The van der Waals surface area contributed by atoms with E-state index in [2.05, 4.69) is 55.4 Å². The van der Waals surface area contributed by atoms with Crippen molar-refractivity contribution >= 4 is 0 Å². The molecule has 0 N–H and O–H groups in total. The van der Waals surface area contributed by atoms with Gasteiger partial charge < -0.3 is 0 Å². The molecule has 0 aromatic carbocycles. The molecular weight excluding hydrogens is 316 g/mol. The lowest BCUT2D eigenvalue weighted by Crippen LogP contribution is -2.52. The van der Waals surface area contributed by atoms with E-state index in [1.807, 2.05) is 27.7 Å². The minimum Gasteiger partial charge on any atom is -0.300 e. The highest BCUT2D eigenvalue weighted by Crippen LogP contribution is 2.31. The number of ether oxygens (including phenoxy) is 4. The Hall–Kier alpha value is -0.160. The predicted molar refractivity (Wildman–Crippen MR) is 104 cm³/mol. The van der Waals surface area contributed by atoms with Crippen LogP contribution in [0.2, 0.25) is 0 Å². The standard InChI is InChI=1S/C21H44O4/c1-13(2)17(9)22-21(23-18(10)14(3)4,24-19(11)15(5)6)25-20(12)16(7)8/h13-20H,1-12H3. The van der Waals surface area contributed by atoms with Gasteiger partial charge >= 0.3 is 6.16 Å². The molecule has 0 bridgehead atoms. The summed E-state index contributed by atoms with van der Waals surface area (Å²) in [6, 6.07) is 0. The number of hydrogen-bond donors (Lipinski definition) is 0. The van der Waals surface area contributed by atoms with Gasteiger partial charge in [0.2, 0.25) is 0 Å². The van der Waals surface area contributed by atoms with Gasteiger partial charge in [0.25, 0.3) is 0 Å². The second-order valence-corrected chi connectivity index (χ2v) is 8.77. The Morgan fingerprint density at radius 1 is 0.360 bits per heavy atom. The smallest absolute Gasteiger partial charge is 0.300 e. The Bertz CT molecular complexity index is 282. The van der Waals surface area contributed by atoms with Crippen molar-refractivity contribution < 1.29 is 18.9 Å². The fourth-order valence-corrected chi connectivity index (χ4v) is 1.62. The van der Waals surface area contributed by atoms with Gasteiger partial charge in [0.1, 0.15) is 0 Å². The quantitative estimate of drug-likeness (QED) is 0.410. The Morgan fingerprint density at radius 3 is 0.640 bits per heavy atom. The summed E-state index contributed by atoms with van der Waals surface area (Å²) in [6.45, 7) is 25.1. The minimum absolute atomic E-state index is 0.0573. The molecule has 0 spiro atoms. The van der Waals surface area contributed by atoms with Gasteiger partial charge in [-0.15, -0.1) is 0 Å². The second kappa shape index (κ2) is 10.9. The van der Waals surface area contributed by atoms with Gasteiger partial charge in [-0.3, -0.25) is 18.9 Å². The molecule has 4 atom stereocenters. The summed E-state index contributed by atoms with van der Waals surface area (Å²) in [5.74, 6) is 1.31. The lowest BCUT2D eigenvalue weighted by atomic mass is 10.1. The summed E-state index contributed by atoms with van der Waals surface area (Å²) in [4.78, 5) is 0. The van der Waals surface area contributed by atoms with E-state index < -0.39 is 6.16 Å². The highest BCUT2D eigenvalue weighted by molar-refractivity contribution is 4.67. The van der Waals surface area contributed by atoms with Crippen molar-refractivity contribution in [3.05, 3.63) is 0 Å². The summed E-state index contributed by atoms with van der Waals surface area (Å²) in [6.07, 6.45) is -1.71. The summed E-state index contributed by atoms with van der Waals surface area (Å²) in [5.41, 5.74) is 0. The number of hydrogen-bond acceptors (Lipinski definition) is 4. The van der Waals surface area contributed by atoms with Gasteiger partial charge in [-0.1, -0.05) is 55.4 Å². The predicted octanol–water partition coefficient (Wildman–Crippen LogP) is 5.84. The SMILES string of the molecule is CC(C)C(C)OC(OC(C)C(C)C)(OC(C)C(C)C)OC(C)C(C)C. The third-order valence-electron chi connectivity index (χ3n) is 5.08. The summed E-state index contributed by atoms with van der Waals surface area (Å²) < 4.78 is 25.2. The molecule has 25 heavy (non-hydrogen) atoms. The normalized spacial score (nSPS) is 20.2. The zero-order valence-corrected chi connectivity index (χ0v) is 18.8. The second-order valence-electron chi connectivity index (χ2n) is 8.77. The van der Waals surface area contributed by atoms with Crippen LogP contribution >= 0.6 is 0 Å². The van der Waals surface area contributed by atoms with Gasteiger partial charge in [0.05, 0.1) is 24.4 Å². The van der Waals surface area contributed by atoms with Crippen LogP contribution in [0.3, 0.4) is 0 Å². The van der Waals surface area contributed by atoms with E-state index in [9.17, 15) is 0 Å². The van der Waals surface area contributed by atoms with Gasteiger partial charge in [-0.25, -0.2) is 0 Å². The average molecular weight is 361 g/mol. The van der Waals surface area contributed by atoms with Crippen molar-refractivity contribution in [3.8, 4) is 0 Å². The molecule has 0 saturated carbocycles. The first-order chi connectivity index (χ1) is 11.3. The Labute approximate surface area is 156 Å². The zero-order valence-electron chi connectivity index (χ0n) is 18.8. The van der Waals surface area contributed by atoms with Gasteiger partial charge in [0.15, 0.2) is 0 Å².